The van der Waals surface area contributed by atoms with Crippen molar-refractivity contribution < 1.29 is 14.3 Å². The summed E-state index contributed by atoms with van der Waals surface area (Å²) in [5.41, 5.74) is 6.72. The molecule has 1 aliphatic heterocycles. The average Bonchev–Trinajstić information content (AvgIpc) is 3.20. The number of hydrogen-bond donors (Lipinski definition) is 3. The van der Waals surface area contributed by atoms with E-state index in [4.69, 9.17) is 10.5 Å². The summed E-state index contributed by atoms with van der Waals surface area (Å²) >= 11 is 0. The Hall–Kier alpha value is -2.68. The number of amides is 2. The molecule has 4 N–H and O–H groups in total. The quantitative estimate of drug-likeness (QED) is 0.649. The van der Waals surface area contributed by atoms with E-state index in [1.807, 2.05) is 0 Å². The van der Waals surface area contributed by atoms with Crippen molar-refractivity contribution in [2.45, 2.75) is 45.6 Å². The van der Waals surface area contributed by atoms with E-state index in [0.717, 1.165) is 25.7 Å². The third kappa shape index (κ3) is 4.59. The van der Waals surface area contributed by atoms with Crippen LogP contribution < -0.4 is 11.1 Å². The summed E-state index contributed by atoms with van der Waals surface area (Å²) in [7, 11) is 0. The highest BCUT2D eigenvalue weighted by molar-refractivity contribution is 6.40. The first kappa shape index (κ1) is 20.1. The molecule has 1 fully saturated rings. The number of nitrogens with zero attached hydrogens (tertiary/aromatic N) is 3. The molecule has 9 nitrogen and oxygen atoms in total. The molecule has 28 heavy (non-hydrogen) atoms. The molecule has 0 aromatic carbocycles. The van der Waals surface area contributed by atoms with Crippen LogP contribution in [0.15, 0.2) is 12.4 Å². The molecular formula is C19H28N6O3. The zero-order valence-electron chi connectivity index (χ0n) is 16.4. The van der Waals surface area contributed by atoms with Crippen LogP contribution in [0.1, 0.15) is 39.5 Å². The van der Waals surface area contributed by atoms with E-state index in [1.54, 1.807) is 4.90 Å². The van der Waals surface area contributed by atoms with Crippen LogP contribution in [0.4, 0.5) is 11.5 Å². The maximum atomic E-state index is 12.9. The number of carbonyl (C=O) groups is 2. The molecule has 152 valence electrons. The predicted molar refractivity (Wildman–Crippen MR) is 107 cm³/mol. The van der Waals surface area contributed by atoms with Gasteiger partial charge in [0.2, 0.25) is 0 Å². The van der Waals surface area contributed by atoms with Gasteiger partial charge >= 0.3 is 11.8 Å². The SMILES string of the molecule is CCC(C)CN(CC1CCCCO1)C(=O)C(=O)Nc1cnc(N)c2cn[nH]c12. The van der Waals surface area contributed by atoms with E-state index >= 15 is 0 Å². The van der Waals surface area contributed by atoms with Crippen molar-refractivity contribution in [1.82, 2.24) is 20.1 Å². The summed E-state index contributed by atoms with van der Waals surface area (Å²) in [6.45, 7) is 5.78. The van der Waals surface area contributed by atoms with Gasteiger partial charge in [-0.1, -0.05) is 20.3 Å². The van der Waals surface area contributed by atoms with Gasteiger partial charge in [-0.2, -0.15) is 5.10 Å². The van der Waals surface area contributed by atoms with Gasteiger partial charge in [-0.25, -0.2) is 4.98 Å². The van der Waals surface area contributed by atoms with E-state index < -0.39 is 11.8 Å². The Kier molecular flexibility index (Phi) is 6.45. The van der Waals surface area contributed by atoms with Gasteiger partial charge in [0, 0.05) is 19.7 Å². The Labute approximate surface area is 164 Å². The molecule has 2 aromatic heterocycles. The van der Waals surface area contributed by atoms with Crippen LogP contribution in [0.25, 0.3) is 10.9 Å². The van der Waals surface area contributed by atoms with E-state index in [2.05, 4.69) is 34.3 Å². The normalized spacial score (nSPS) is 18.0. The molecule has 3 heterocycles. The molecule has 9 heteroatoms. The minimum absolute atomic E-state index is 0.0212. The fourth-order valence-electron chi connectivity index (χ4n) is 3.31. The van der Waals surface area contributed by atoms with E-state index in [1.165, 1.54) is 12.4 Å². The third-order valence-corrected chi connectivity index (χ3v) is 5.17. The standard InChI is InChI=1S/C19H28N6O3/c1-3-12(2)10-25(11-13-6-4-5-7-28-13)19(27)18(26)23-15-9-21-17(20)14-8-22-24-16(14)15/h8-9,12-13H,3-7,10-11H2,1-2H3,(H2,20,21)(H,22,24)(H,23,26). The minimum Gasteiger partial charge on any atom is -0.383 e. The summed E-state index contributed by atoms with van der Waals surface area (Å²) in [5.74, 6) is -0.681. The molecular weight excluding hydrogens is 360 g/mol. The molecule has 0 radical (unpaired) electrons. The van der Waals surface area contributed by atoms with E-state index in [-0.39, 0.29) is 12.0 Å². The van der Waals surface area contributed by atoms with Crippen molar-refractivity contribution in [3.63, 3.8) is 0 Å². The topological polar surface area (TPSA) is 126 Å². The second-order valence-electron chi connectivity index (χ2n) is 7.38. The largest absolute Gasteiger partial charge is 0.383 e. The van der Waals surface area contributed by atoms with E-state index in [0.29, 0.717) is 42.1 Å². The van der Waals surface area contributed by atoms with Gasteiger partial charge in [-0.3, -0.25) is 14.7 Å². The average molecular weight is 388 g/mol. The highest BCUT2D eigenvalue weighted by atomic mass is 16.5. The molecule has 0 spiro atoms. The lowest BCUT2D eigenvalue weighted by Crippen LogP contribution is -2.46. The highest BCUT2D eigenvalue weighted by Crippen LogP contribution is 2.24. The molecule has 1 saturated heterocycles. The molecule has 2 unspecified atom stereocenters. The molecule has 2 amide bonds. The lowest BCUT2D eigenvalue weighted by Gasteiger charge is -2.31. The fourth-order valence-corrected chi connectivity index (χ4v) is 3.31. The number of carbonyl (C=O) groups excluding carboxylic acids is 2. The first-order chi connectivity index (χ1) is 13.5. The number of hydrogen-bond acceptors (Lipinski definition) is 6. The van der Waals surface area contributed by atoms with Crippen molar-refractivity contribution >= 4 is 34.2 Å². The van der Waals surface area contributed by atoms with E-state index in [9.17, 15) is 9.59 Å². The van der Waals surface area contributed by atoms with Gasteiger partial charge in [0.05, 0.1) is 35.1 Å². The summed E-state index contributed by atoms with van der Waals surface area (Å²) in [6, 6.07) is 0. The maximum Gasteiger partial charge on any atom is 0.314 e. The smallest absolute Gasteiger partial charge is 0.314 e. The summed E-state index contributed by atoms with van der Waals surface area (Å²) in [5, 5.41) is 9.95. The monoisotopic (exact) mass is 388 g/mol. The molecule has 0 bridgehead atoms. The second-order valence-corrected chi connectivity index (χ2v) is 7.38. The van der Waals surface area contributed by atoms with Gasteiger partial charge in [-0.05, 0) is 25.2 Å². The Morgan fingerprint density at radius 1 is 1.43 bits per heavy atom. The van der Waals surface area contributed by atoms with Crippen LogP contribution in [0, 0.1) is 5.92 Å². The number of ether oxygens (including phenoxy) is 1. The maximum absolute atomic E-state index is 12.9. The molecule has 2 aromatic rings. The van der Waals surface area contributed by atoms with Crippen LogP contribution in [0.5, 0.6) is 0 Å². The summed E-state index contributed by atoms with van der Waals surface area (Å²) in [4.78, 5) is 31.2. The fraction of sp³-hybridized carbons (Fsp3) is 0.579. The zero-order valence-corrected chi connectivity index (χ0v) is 16.4. The zero-order chi connectivity index (χ0) is 20.1. The van der Waals surface area contributed by atoms with Gasteiger partial charge in [0.25, 0.3) is 0 Å². The van der Waals surface area contributed by atoms with Crippen LogP contribution in [-0.2, 0) is 14.3 Å². The van der Waals surface area contributed by atoms with Crippen molar-refractivity contribution in [2.75, 3.05) is 30.7 Å². The van der Waals surface area contributed by atoms with Crippen LogP contribution >= 0.6 is 0 Å². The Morgan fingerprint density at radius 3 is 2.96 bits per heavy atom. The minimum atomic E-state index is -0.707. The molecule has 3 rings (SSSR count). The first-order valence-electron chi connectivity index (χ1n) is 9.79. The highest BCUT2D eigenvalue weighted by Gasteiger charge is 2.27. The Morgan fingerprint density at radius 2 is 2.25 bits per heavy atom. The summed E-state index contributed by atoms with van der Waals surface area (Å²) in [6.07, 6.45) is 6.88. The lowest BCUT2D eigenvalue weighted by atomic mass is 10.1. The third-order valence-electron chi connectivity index (χ3n) is 5.17. The number of pyridine rings is 1. The van der Waals surface area contributed by atoms with Gasteiger partial charge < -0.3 is 20.7 Å². The number of rotatable bonds is 6. The number of nitrogens with two attached hydrogens (primary N) is 1. The number of anilines is 2. The number of aromatic amines is 1. The van der Waals surface area contributed by atoms with Gasteiger partial charge in [-0.15, -0.1) is 0 Å². The van der Waals surface area contributed by atoms with Gasteiger partial charge in [0.1, 0.15) is 5.82 Å². The van der Waals surface area contributed by atoms with Crippen molar-refractivity contribution in [2.24, 2.45) is 5.92 Å². The Bertz CT molecular complexity index is 830. The van der Waals surface area contributed by atoms with Crippen molar-refractivity contribution in [3.05, 3.63) is 12.4 Å². The molecule has 0 saturated carbocycles. The lowest BCUT2D eigenvalue weighted by molar-refractivity contribution is -0.145. The van der Waals surface area contributed by atoms with Crippen LogP contribution in [-0.4, -0.2) is 57.7 Å². The molecule has 2 atom stereocenters. The number of nitrogens with one attached hydrogen (secondary N) is 2. The second kappa shape index (κ2) is 9.01. The summed E-state index contributed by atoms with van der Waals surface area (Å²) < 4.78 is 5.77. The first-order valence-corrected chi connectivity index (χ1v) is 9.79. The number of H-pyrrole nitrogens is 1. The molecule has 0 aliphatic carbocycles. The molecule has 1 aliphatic rings. The number of aromatic nitrogens is 3. The van der Waals surface area contributed by atoms with Crippen LogP contribution in [0.3, 0.4) is 0 Å². The van der Waals surface area contributed by atoms with Gasteiger partial charge in [0.15, 0.2) is 0 Å². The van der Waals surface area contributed by atoms with Crippen LogP contribution in [0.2, 0.25) is 0 Å². The Balaban J connectivity index is 1.73. The van der Waals surface area contributed by atoms with Crippen molar-refractivity contribution in [1.29, 1.82) is 0 Å². The number of nitrogen functional groups attached to an aromatic ring is 1. The van der Waals surface area contributed by atoms with Crippen molar-refractivity contribution in [3.8, 4) is 0 Å². The number of fused-ring (bicyclic) bond motifs is 1. The predicted octanol–water partition coefficient (Wildman–Crippen LogP) is 1.92.